The number of nitrogens with zero attached hydrogens (tertiary/aromatic N) is 2. The summed E-state index contributed by atoms with van der Waals surface area (Å²) in [4.78, 5) is 39.6. The average Bonchev–Trinajstić information content (AvgIpc) is 3.48. The van der Waals surface area contributed by atoms with E-state index in [0.29, 0.717) is 42.1 Å². The first-order chi connectivity index (χ1) is 19.3. The van der Waals surface area contributed by atoms with Crippen LogP contribution in [0.5, 0.6) is 11.5 Å². The number of carbonyl (C=O) groups excluding carboxylic acids is 1. The normalized spacial score (nSPS) is 13.7. The molecule has 1 aliphatic rings. The van der Waals surface area contributed by atoms with Crippen LogP contribution >= 0.6 is 0 Å². The zero-order chi connectivity index (χ0) is 28.5. The molecule has 10 heteroatoms. The molecule has 1 aliphatic heterocycles. The molecule has 0 saturated carbocycles. The number of benzene rings is 2. The summed E-state index contributed by atoms with van der Waals surface area (Å²) in [5, 5.41) is 18.2. The standard InChI is InChI=1S/C30H34N2O8/c1-31-10-12-32(13-11-31)30(37)24-16-23(21-9-15-38-19-21)17-25(18-24)40-20-22-4-2-5-27(26(22)7-8-29(35)36)39-14-3-6-28(33)34/h2,4-5,9,15-19H,3,6-8,10-14,20H2,1H3,(H,33,34)(H,35,36). The third-order valence-electron chi connectivity index (χ3n) is 6.80. The molecule has 2 heterocycles. The number of hydrogen-bond acceptors (Lipinski definition) is 7. The van der Waals surface area contributed by atoms with Crippen molar-refractivity contribution < 1.29 is 38.5 Å². The average molecular weight is 551 g/mol. The van der Waals surface area contributed by atoms with Gasteiger partial charge in [0.15, 0.2) is 0 Å². The van der Waals surface area contributed by atoms with Crippen molar-refractivity contribution in [2.45, 2.75) is 32.3 Å². The van der Waals surface area contributed by atoms with E-state index in [9.17, 15) is 19.5 Å². The van der Waals surface area contributed by atoms with E-state index in [-0.39, 0.29) is 38.4 Å². The van der Waals surface area contributed by atoms with Gasteiger partial charge in [0, 0.05) is 55.7 Å². The lowest BCUT2D eigenvalue weighted by atomic mass is 10.0. The third-order valence-corrected chi connectivity index (χ3v) is 6.80. The van der Waals surface area contributed by atoms with Gasteiger partial charge < -0.3 is 33.9 Å². The summed E-state index contributed by atoms with van der Waals surface area (Å²) >= 11 is 0. The molecule has 2 aromatic carbocycles. The van der Waals surface area contributed by atoms with Gasteiger partial charge in [0.2, 0.25) is 0 Å². The second-order valence-electron chi connectivity index (χ2n) is 9.78. The second kappa shape index (κ2) is 13.7. The molecule has 1 fully saturated rings. The molecular formula is C30H34N2O8. The van der Waals surface area contributed by atoms with Crippen molar-refractivity contribution >= 4 is 17.8 Å². The molecule has 1 aromatic heterocycles. The van der Waals surface area contributed by atoms with Gasteiger partial charge in [0.1, 0.15) is 18.1 Å². The topological polar surface area (TPSA) is 130 Å². The van der Waals surface area contributed by atoms with Crippen molar-refractivity contribution in [2.75, 3.05) is 39.8 Å². The van der Waals surface area contributed by atoms with Crippen molar-refractivity contribution in [3.63, 3.8) is 0 Å². The molecule has 0 spiro atoms. The molecule has 2 N–H and O–H groups in total. The maximum atomic E-state index is 13.4. The van der Waals surface area contributed by atoms with Gasteiger partial charge in [0.05, 0.1) is 19.1 Å². The monoisotopic (exact) mass is 550 g/mol. The number of furan rings is 1. The largest absolute Gasteiger partial charge is 0.493 e. The summed E-state index contributed by atoms with van der Waals surface area (Å²) < 4.78 is 17.3. The first-order valence-corrected chi connectivity index (χ1v) is 13.3. The van der Waals surface area contributed by atoms with Gasteiger partial charge in [-0.1, -0.05) is 12.1 Å². The predicted molar refractivity (Wildman–Crippen MR) is 147 cm³/mol. The van der Waals surface area contributed by atoms with Crippen LogP contribution in [-0.4, -0.2) is 77.7 Å². The first kappa shape index (κ1) is 28.7. The van der Waals surface area contributed by atoms with E-state index in [1.165, 1.54) is 0 Å². The summed E-state index contributed by atoms with van der Waals surface area (Å²) in [6.45, 7) is 3.23. The Hall–Kier alpha value is -4.31. The molecule has 0 unspecified atom stereocenters. The zero-order valence-electron chi connectivity index (χ0n) is 22.5. The van der Waals surface area contributed by atoms with Crippen LogP contribution in [0, 0.1) is 0 Å². The summed E-state index contributed by atoms with van der Waals surface area (Å²) in [7, 11) is 2.04. The molecular weight excluding hydrogens is 516 g/mol. The van der Waals surface area contributed by atoms with Crippen LogP contribution < -0.4 is 9.47 Å². The lowest BCUT2D eigenvalue weighted by molar-refractivity contribution is -0.138. The maximum absolute atomic E-state index is 13.4. The van der Waals surface area contributed by atoms with Crippen molar-refractivity contribution in [3.05, 3.63) is 71.7 Å². The van der Waals surface area contributed by atoms with E-state index in [2.05, 4.69) is 4.90 Å². The summed E-state index contributed by atoms with van der Waals surface area (Å²) in [5.41, 5.74) is 3.56. The lowest BCUT2D eigenvalue weighted by Crippen LogP contribution is -2.47. The SMILES string of the molecule is CN1CCN(C(=O)c2cc(OCc3cccc(OCCCC(=O)O)c3CCC(=O)O)cc(-c3ccoc3)c2)CC1. The highest BCUT2D eigenvalue weighted by Crippen LogP contribution is 2.30. The van der Waals surface area contributed by atoms with Gasteiger partial charge >= 0.3 is 11.9 Å². The minimum absolute atomic E-state index is 0.0184. The van der Waals surface area contributed by atoms with Gasteiger partial charge in [-0.2, -0.15) is 0 Å². The van der Waals surface area contributed by atoms with Crippen LogP contribution in [0.2, 0.25) is 0 Å². The van der Waals surface area contributed by atoms with E-state index >= 15 is 0 Å². The Morgan fingerprint density at radius 1 is 0.925 bits per heavy atom. The Labute approximate surface area is 232 Å². The molecule has 0 atom stereocenters. The van der Waals surface area contributed by atoms with Crippen LogP contribution in [0.15, 0.2) is 59.4 Å². The number of rotatable bonds is 13. The number of hydrogen-bond donors (Lipinski definition) is 2. The minimum atomic E-state index is -0.938. The fourth-order valence-corrected chi connectivity index (χ4v) is 4.56. The first-order valence-electron chi connectivity index (χ1n) is 13.3. The third kappa shape index (κ3) is 7.86. The quantitative estimate of drug-likeness (QED) is 0.301. The van der Waals surface area contributed by atoms with Gasteiger partial charge in [-0.3, -0.25) is 14.4 Å². The number of aliphatic carboxylic acids is 2. The number of amides is 1. The van der Waals surface area contributed by atoms with E-state index in [1.807, 2.05) is 36.2 Å². The van der Waals surface area contributed by atoms with Gasteiger partial charge in [-0.15, -0.1) is 0 Å². The molecule has 40 heavy (non-hydrogen) atoms. The highest BCUT2D eigenvalue weighted by atomic mass is 16.5. The van der Waals surface area contributed by atoms with Gasteiger partial charge in [-0.05, 0) is 61.3 Å². The number of carboxylic acid groups (broad SMARTS) is 2. The smallest absolute Gasteiger partial charge is 0.303 e. The van der Waals surface area contributed by atoms with Gasteiger partial charge in [-0.25, -0.2) is 0 Å². The lowest BCUT2D eigenvalue weighted by Gasteiger charge is -2.32. The van der Waals surface area contributed by atoms with Crippen molar-refractivity contribution in [1.82, 2.24) is 9.80 Å². The van der Waals surface area contributed by atoms with Crippen LogP contribution in [0.3, 0.4) is 0 Å². The highest BCUT2D eigenvalue weighted by molar-refractivity contribution is 5.96. The van der Waals surface area contributed by atoms with Crippen LogP contribution in [-0.2, 0) is 22.6 Å². The molecule has 1 amide bonds. The number of likely N-dealkylation sites (N-methyl/N-ethyl adjacent to an activating group) is 1. The van der Waals surface area contributed by atoms with Crippen molar-refractivity contribution in [3.8, 4) is 22.6 Å². The van der Waals surface area contributed by atoms with E-state index in [1.54, 1.807) is 30.7 Å². The van der Waals surface area contributed by atoms with Crippen LogP contribution in [0.4, 0.5) is 0 Å². The fourth-order valence-electron chi connectivity index (χ4n) is 4.56. The number of ether oxygens (including phenoxy) is 2. The van der Waals surface area contributed by atoms with E-state index in [4.69, 9.17) is 19.0 Å². The Morgan fingerprint density at radius 3 is 2.40 bits per heavy atom. The number of carbonyl (C=O) groups is 3. The number of piperazine rings is 1. The van der Waals surface area contributed by atoms with Crippen LogP contribution in [0.1, 0.15) is 40.7 Å². The minimum Gasteiger partial charge on any atom is -0.493 e. The van der Waals surface area contributed by atoms with Crippen molar-refractivity contribution in [1.29, 1.82) is 0 Å². The van der Waals surface area contributed by atoms with Crippen molar-refractivity contribution in [2.24, 2.45) is 0 Å². The van der Waals surface area contributed by atoms with Crippen LogP contribution in [0.25, 0.3) is 11.1 Å². The molecule has 0 radical (unpaired) electrons. The fraction of sp³-hybridized carbons (Fsp3) is 0.367. The Balaban J connectivity index is 1.56. The summed E-state index contributed by atoms with van der Waals surface area (Å²) in [6, 6.07) is 12.6. The Morgan fingerprint density at radius 2 is 1.70 bits per heavy atom. The predicted octanol–water partition coefficient (Wildman–Crippen LogP) is 4.17. The summed E-state index contributed by atoms with van der Waals surface area (Å²) in [6.07, 6.45) is 3.63. The van der Waals surface area contributed by atoms with E-state index < -0.39 is 11.9 Å². The van der Waals surface area contributed by atoms with E-state index in [0.717, 1.165) is 29.8 Å². The molecule has 3 aromatic rings. The van der Waals surface area contributed by atoms with Gasteiger partial charge in [0.25, 0.3) is 5.91 Å². The molecule has 10 nitrogen and oxygen atoms in total. The maximum Gasteiger partial charge on any atom is 0.303 e. The molecule has 1 saturated heterocycles. The molecule has 212 valence electrons. The molecule has 0 bridgehead atoms. The number of carboxylic acids is 2. The second-order valence-corrected chi connectivity index (χ2v) is 9.78. The molecule has 4 rings (SSSR count). The Bertz CT molecular complexity index is 1310. The zero-order valence-corrected chi connectivity index (χ0v) is 22.5. The summed E-state index contributed by atoms with van der Waals surface area (Å²) in [5.74, 6) is -0.909. The highest BCUT2D eigenvalue weighted by Gasteiger charge is 2.22. The molecule has 0 aliphatic carbocycles. The Kier molecular flexibility index (Phi) is 9.80.